The molecule has 150 valence electrons. The largest absolute Gasteiger partial charge is 0.467 e. The van der Waals surface area contributed by atoms with Crippen molar-refractivity contribution in [2.24, 2.45) is 5.92 Å². The molecule has 0 spiro atoms. The van der Waals surface area contributed by atoms with Crippen molar-refractivity contribution in [3.05, 3.63) is 29.8 Å². The van der Waals surface area contributed by atoms with Gasteiger partial charge in [0, 0.05) is 18.7 Å². The molecular weight excluding hydrogens is 372 g/mol. The topological polar surface area (TPSA) is 102 Å². The van der Waals surface area contributed by atoms with Crippen molar-refractivity contribution >= 4 is 21.9 Å². The molecule has 0 aromatic heterocycles. The molecule has 2 atom stereocenters. The summed E-state index contributed by atoms with van der Waals surface area (Å²) in [7, 11) is -2.34. The summed E-state index contributed by atoms with van der Waals surface area (Å²) in [5, 5.41) is 2.67. The van der Waals surface area contributed by atoms with E-state index in [0.717, 1.165) is 0 Å². The summed E-state index contributed by atoms with van der Waals surface area (Å²) >= 11 is 0. The highest BCUT2D eigenvalue weighted by atomic mass is 32.2. The third-order valence-electron chi connectivity index (χ3n) is 4.68. The fourth-order valence-corrected chi connectivity index (χ4v) is 4.14. The molecule has 1 aromatic rings. The zero-order valence-corrected chi connectivity index (χ0v) is 16.6. The number of morpholine rings is 1. The molecule has 1 amide bonds. The van der Waals surface area contributed by atoms with Crippen LogP contribution in [0, 0.1) is 5.92 Å². The van der Waals surface area contributed by atoms with Crippen molar-refractivity contribution in [1.29, 1.82) is 0 Å². The first-order valence-electron chi connectivity index (χ1n) is 8.88. The summed E-state index contributed by atoms with van der Waals surface area (Å²) < 4.78 is 36.5. The van der Waals surface area contributed by atoms with Crippen LogP contribution in [0.25, 0.3) is 0 Å². The van der Waals surface area contributed by atoms with Crippen LogP contribution in [0.3, 0.4) is 0 Å². The molecule has 1 aliphatic rings. The predicted octanol–water partition coefficient (Wildman–Crippen LogP) is 1.02. The quantitative estimate of drug-likeness (QED) is 0.688. The molecule has 1 N–H and O–H groups in total. The number of sulfonamides is 1. The molecule has 8 nitrogen and oxygen atoms in total. The predicted molar refractivity (Wildman–Crippen MR) is 98.7 cm³/mol. The summed E-state index contributed by atoms with van der Waals surface area (Å²) in [6.07, 6.45) is 0.691. The van der Waals surface area contributed by atoms with E-state index in [4.69, 9.17) is 9.47 Å². The molecule has 0 radical (unpaired) electrons. The van der Waals surface area contributed by atoms with Gasteiger partial charge in [0.2, 0.25) is 10.0 Å². The van der Waals surface area contributed by atoms with Crippen LogP contribution in [0.2, 0.25) is 0 Å². The number of hydrogen-bond donors (Lipinski definition) is 1. The maximum atomic E-state index is 12.6. The van der Waals surface area contributed by atoms with E-state index in [2.05, 4.69) is 5.32 Å². The van der Waals surface area contributed by atoms with Gasteiger partial charge in [-0.1, -0.05) is 20.3 Å². The van der Waals surface area contributed by atoms with Crippen molar-refractivity contribution in [3.63, 3.8) is 0 Å². The number of rotatable bonds is 7. The van der Waals surface area contributed by atoms with E-state index in [9.17, 15) is 18.0 Å². The number of nitrogens with one attached hydrogen (secondary N) is 1. The first-order valence-corrected chi connectivity index (χ1v) is 10.3. The highest BCUT2D eigenvalue weighted by Gasteiger charge is 2.28. The molecule has 0 bridgehead atoms. The SMILES string of the molecule is CC[C@@H](C)[C@H](NC(=O)c1ccc(S(=O)(=O)N2CCOCC2)cc1)C(=O)OC. The first-order chi connectivity index (χ1) is 12.8. The number of hydrogen-bond acceptors (Lipinski definition) is 6. The van der Waals surface area contributed by atoms with E-state index in [1.165, 1.54) is 35.7 Å². The number of methoxy groups -OCH3 is 1. The Kier molecular flexibility index (Phi) is 7.34. The Bertz CT molecular complexity index is 757. The molecule has 1 aliphatic heterocycles. The Morgan fingerprint density at radius 1 is 1.22 bits per heavy atom. The van der Waals surface area contributed by atoms with Crippen molar-refractivity contribution < 1.29 is 27.5 Å². The third kappa shape index (κ3) is 5.06. The molecule has 27 heavy (non-hydrogen) atoms. The van der Waals surface area contributed by atoms with E-state index in [0.29, 0.717) is 32.7 Å². The molecule has 0 unspecified atom stereocenters. The lowest BCUT2D eigenvalue weighted by molar-refractivity contribution is -0.144. The maximum Gasteiger partial charge on any atom is 0.328 e. The van der Waals surface area contributed by atoms with E-state index < -0.39 is 27.9 Å². The second kappa shape index (κ2) is 9.29. The average Bonchev–Trinajstić information content (AvgIpc) is 2.71. The Hall–Kier alpha value is -1.97. The van der Waals surface area contributed by atoms with E-state index >= 15 is 0 Å². The van der Waals surface area contributed by atoms with Crippen molar-refractivity contribution in [2.45, 2.75) is 31.2 Å². The van der Waals surface area contributed by atoms with Crippen LogP contribution >= 0.6 is 0 Å². The van der Waals surface area contributed by atoms with E-state index in [1.807, 2.05) is 13.8 Å². The molecular formula is C18H26N2O6S. The van der Waals surface area contributed by atoms with Gasteiger partial charge < -0.3 is 14.8 Å². The summed E-state index contributed by atoms with van der Waals surface area (Å²) in [6, 6.07) is 4.91. The van der Waals surface area contributed by atoms with Crippen LogP contribution in [0.5, 0.6) is 0 Å². The van der Waals surface area contributed by atoms with Gasteiger partial charge in [-0.25, -0.2) is 13.2 Å². The smallest absolute Gasteiger partial charge is 0.328 e. The minimum absolute atomic E-state index is 0.0950. The number of esters is 1. The molecule has 9 heteroatoms. The summed E-state index contributed by atoms with van der Waals surface area (Å²) in [5.74, 6) is -1.06. The van der Waals surface area contributed by atoms with Gasteiger partial charge in [-0.2, -0.15) is 4.31 Å². The van der Waals surface area contributed by atoms with Crippen molar-refractivity contribution in [2.75, 3.05) is 33.4 Å². The molecule has 1 fully saturated rings. The van der Waals surface area contributed by atoms with Crippen LogP contribution in [0.4, 0.5) is 0 Å². The molecule has 1 saturated heterocycles. The zero-order valence-electron chi connectivity index (χ0n) is 15.8. The number of ether oxygens (including phenoxy) is 2. The fourth-order valence-electron chi connectivity index (χ4n) is 2.74. The fraction of sp³-hybridized carbons (Fsp3) is 0.556. The Labute approximate surface area is 159 Å². The minimum atomic E-state index is -3.61. The number of carbonyl (C=O) groups excluding carboxylic acids is 2. The Morgan fingerprint density at radius 3 is 2.33 bits per heavy atom. The number of nitrogens with zero attached hydrogens (tertiary/aromatic N) is 1. The lowest BCUT2D eigenvalue weighted by atomic mass is 9.99. The normalized spacial score (nSPS) is 17.7. The summed E-state index contributed by atoms with van der Waals surface area (Å²) in [6.45, 7) is 5.10. The Morgan fingerprint density at radius 2 is 1.81 bits per heavy atom. The number of carbonyl (C=O) groups is 2. The van der Waals surface area contributed by atoms with Crippen LogP contribution in [0.15, 0.2) is 29.2 Å². The lowest BCUT2D eigenvalue weighted by Gasteiger charge is -2.26. The molecule has 0 saturated carbocycles. The van der Waals surface area contributed by atoms with Gasteiger partial charge in [-0.05, 0) is 30.2 Å². The minimum Gasteiger partial charge on any atom is -0.467 e. The highest BCUT2D eigenvalue weighted by molar-refractivity contribution is 7.89. The first kappa shape index (κ1) is 21.3. The molecule has 1 heterocycles. The maximum absolute atomic E-state index is 12.6. The second-order valence-corrected chi connectivity index (χ2v) is 8.34. The van der Waals surface area contributed by atoms with Gasteiger partial charge in [0.05, 0.1) is 25.2 Å². The van der Waals surface area contributed by atoms with Crippen LogP contribution < -0.4 is 5.32 Å². The summed E-state index contributed by atoms with van der Waals surface area (Å²) in [4.78, 5) is 24.5. The van der Waals surface area contributed by atoms with Crippen LogP contribution in [-0.2, 0) is 24.3 Å². The van der Waals surface area contributed by atoms with Gasteiger partial charge in [0.15, 0.2) is 0 Å². The van der Waals surface area contributed by atoms with E-state index in [-0.39, 0.29) is 16.4 Å². The average molecular weight is 398 g/mol. The Balaban J connectivity index is 2.13. The molecule has 1 aromatic carbocycles. The zero-order chi connectivity index (χ0) is 20.0. The standard InChI is InChI=1S/C18H26N2O6S/c1-4-13(2)16(18(22)25-3)19-17(21)14-5-7-15(8-6-14)27(23,24)20-9-11-26-12-10-20/h5-8,13,16H,4,9-12H2,1-3H3,(H,19,21)/t13-,16+/m1/s1. The van der Waals surface area contributed by atoms with Gasteiger partial charge in [-0.3, -0.25) is 4.79 Å². The van der Waals surface area contributed by atoms with Gasteiger partial charge >= 0.3 is 5.97 Å². The number of amides is 1. The molecule has 0 aliphatic carbocycles. The monoisotopic (exact) mass is 398 g/mol. The molecule has 2 rings (SSSR count). The lowest BCUT2D eigenvalue weighted by Crippen LogP contribution is -2.45. The van der Waals surface area contributed by atoms with Crippen molar-refractivity contribution in [3.8, 4) is 0 Å². The number of benzene rings is 1. The van der Waals surface area contributed by atoms with Crippen LogP contribution in [-0.4, -0.2) is 64.1 Å². The van der Waals surface area contributed by atoms with Crippen molar-refractivity contribution in [1.82, 2.24) is 9.62 Å². The highest BCUT2D eigenvalue weighted by Crippen LogP contribution is 2.18. The van der Waals surface area contributed by atoms with Gasteiger partial charge in [0.1, 0.15) is 6.04 Å². The second-order valence-electron chi connectivity index (χ2n) is 6.40. The van der Waals surface area contributed by atoms with E-state index in [1.54, 1.807) is 0 Å². The summed E-state index contributed by atoms with van der Waals surface area (Å²) in [5.41, 5.74) is 0.271. The third-order valence-corrected chi connectivity index (χ3v) is 6.59. The van der Waals surface area contributed by atoms with Crippen LogP contribution in [0.1, 0.15) is 30.6 Å². The van der Waals surface area contributed by atoms with Gasteiger partial charge in [0.25, 0.3) is 5.91 Å². The van der Waals surface area contributed by atoms with Gasteiger partial charge in [-0.15, -0.1) is 0 Å².